The number of methoxy groups -OCH3 is 1. The van der Waals surface area contributed by atoms with Gasteiger partial charge in [-0.25, -0.2) is 4.79 Å². The highest BCUT2D eigenvalue weighted by Crippen LogP contribution is 2.20. The molecule has 0 amide bonds. The van der Waals surface area contributed by atoms with Crippen LogP contribution in [0.15, 0.2) is 51.9 Å². The summed E-state index contributed by atoms with van der Waals surface area (Å²) in [6.45, 7) is 0. The number of aromatic carboxylic acids is 1. The van der Waals surface area contributed by atoms with Crippen molar-refractivity contribution in [2.45, 2.75) is 0 Å². The Hall–Kier alpha value is -2.14. The summed E-state index contributed by atoms with van der Waals surface area (Å²) in [5.74, 6) is -0.695. The number of carboxylic acids is 1. The number of ether oxygens (including phenoxy) is 1. The van der Waals surface area contributed by atoms with Gasteiger partial charge in [-0.05, 0) is 48.0 Å². The van der Waals surface area contributed by atoms with E-state index >= 15 is 0 Å². The molecule has 0 spiro atoms. The molecule has 2 aromatic carbocycles. The van der Waals surface area contributed by atoms with Crippen molar-refractivity contribution >= 4 is 33.8 Å². The summed E-state index contributed by atoms with van der Waals surface area (Å²) >= 11 is 3.35. The van der Waals surface area contributed by atoms with Gasteiger partial charge < -0.3 is 9.84 Å². The molecule has 2 aromatic rings. The largest absolute Gasteiger partial charge is 0.496 e. The van der Waals surface area contributed by atoms with Gasteiger partial charge in [0.2, 0.25) is 0 Å². The van der Waals surface area contributed by atoms with E-state index in [1.54, 1.807) is 18.3 Å². The van der Waals surface area contributed by atoms with Gasteiger partial charge in [-0.2, -0.15) is 0 Å². The Labute approximate surface area is 124 Å². The van der Waals surface area contributed by atoms with Crippen LogP contribution in [-0.4, -0.2) is 24.4 Å². The van der Waals surface area contributed by atoms with E-state index in [0.29, 0.717) is 11.3 Å². The summed E-state index contributed by atoms with van der Waals surface area (Å²) in [5, 5.41) is 9.11. The van der Waals surface area contributed by atoms with Crippen LogP contribution in [0.5, 0.6) is 5.75 Å². The molecular formula is C15H12BrNO3. The molecule has 0 saturated carbocycles. The van der Waals surface area contributed by atoms with Crippen molar-refractivity contribution in [3.05, 3.63) is 58.1 Å². The fourth-order valence-corrected chi connectivity index (χ4v) is 1.91. The fraction of sp³-hybridized carbons (Fsp3) is 0.0667. The van der Waals surface area contributed by atoms with Crippen molar-refractivity contribution in [3.8, 4) is 5.75 Å². The molecule has 0 aliphatic rings. The summed E-state index contributed by atoms with van der Waals surface area (Å²) in [4.78, 5) is 15.4. The third-order valence-corrected chi connectivity index (χ3v) is 3.17. The van der Waals surface area contributed by atoms with E-state index in [9.17, 15) is 4.79 Å². The highest BCUT2D eigenvalue weighted by Gasteiger charge is 2.10. The maximum atomic E-state index is 11.1. The van der Waals surface area contributed by atoms with E-state index < -0.39 is 5.97 Å². The molecule has 0 aliphatic heterocycles. The van der Waals surface area contributed by atoms with Crippen molar-refractivity contribution in [2.75, 3.05) is 7.11 Å². The first-order valence-electron chi connectivity index (χ1n) is 5.81. The second-order valence-corrected chi connectivity index (χ2v) is 4.92. The Morgan fingerprint density at radius 2 is 1.95 bits per heavy atom. The molecule has 0 bridgehead atoms. The van der Waals surface area contributed by atoms with Crippen LogP contribution in [0.1, 0.15) is 15.9 Å². The van der Waals surface area contributed by atoms with Gasteiger partial charge in [-0.1, -0.05) is 15.9 Å². The Bertz CT molecular complexity index is 651. The number of hydrogen-bond donors (Lipinski definition) is 1. The Balaban J connectivity index is 2.27. The van der Waals surface area contributed by atoms with Crippen LogP contribution in [0.25, 0.3) is 0 Å². The fourth-order valence-electron chi connectivity index (χ4n) is 1.65. The lowest BCUT2D eigenvalue weighted by Crippen LogP contribution is -2.01. The average molecular weight is 334 g/mol. The predicted molar refractivity (Wildman–Crippen MR) is 81.3 cm³/mol. The summed E-state index contributed by atoms with van der Waals surface area (Å²) in [7, 11) is 1.44. The van der Waals surface area contributed by atoms with E-state index in [1.807, 2.05) is 24.3 Å². The first-order chi connectivity index (χ1) is 9.60. The third-order valence-electron chi connectivity index (χ3n) is 2.64. The number of rotatable bonds is 4. The normalized spacial score (nSPS) is 10.7. The number of nitrogens with zero attached hydrogens (tertiary/aromatic N) is 1. The molecule has 0 aromatic heterocycles. The molecule has 0 unspecified atom stereocenters. The number of carbonyl (C=O) groups is 1. The van der Waals surface area contributed by atoms with Crippen molar-refractivity contribution in [2.24, 2.45) is 4.99 Å². The molecule has 20 heavy (non-hydrogen) atoms. The van der Waals surface area contributed by atoms with Gasteiger partial charge in [-0.15, -0.1) is 0 Å². The Morgan fingerprint density at radius 1 is 1.25 bits per heavy atom. The van der Waals surface area contributed by atoms with Gasteiger partial charge in [0.15, 0.2) is 0 Å². The molecule has 0 atom stereocenters. The summed E-state index contributed by atoms with van der Waals surface area (Å²) in [6.07, 6.45) is 1.62. The Morgan fingerprint density at radius 3 is 2.55 bits per heavy atom. The number of halogens is 1. The minimum Gasteiger partial charge on any atom is -0.496 e. The lowest BCUT2D eigenvalue weighted by atomic mass is 10.1. The highest BCUT2D eigenvalue weighted by molar-refractivity contribution is 9.10. The number of benzene rings is 2. The number of aliphatic imine (C=N–C) groups is 1. The van der Waals surface area contributed by atoms with Gasteiger partial charge >= 0.3 is 5.97 Å². The van der Waals surface area contributed by atoms with Crippen molar-refractivity contribution in [1.29, 1.82) is 0 Å². The van der Waals surface area contributed by atoms with E-state index in [1.165, 1.54) is 13.2 Å². The van der Waals surface area contributed by atoms with Crippen molar-refractivity contribution in [3.63, 3.8) is 0 Å². The molecule has 5 heteroatoms. The van der Waals surface area contributed by atoms with Crippen LogP contribution in [0.3, 0.4) is 0 Å². The average Bonchev–Trinajstić information content (AvgIpc) is 2.46. The minimum atomic E-state index is -1.03. The minimum absolute atomic E-state index is 0.118. The monoisotopic (exact) mass is 333 g/mol. The zero-order chi connectivity index (χ0) is 14.5. The van der Waals surface area contributed by atoms with Crippen LogP contribution in [-0.2, 0) is 0 Å². The Kier molecular flexibility index (Phi) is 4.53. The van der Waals surface area contributed by atoms with E-state index in [-0.39, 0.29) is 5.56 Å². The van der Waals surface area contributed by atoms with E-state index in [4.69, 9.17) is 9.84 Å². The van der Waals surface area contributed by atoms with Gasteiger partial charge in [0.05, 0.1) is 12.8 Å². The molecular weight excluding hydrogens is 322 g/mol. The van der Waals surface area contributed by atoms with Crippen molar-refractivity contribution in [1.82, 2.24) is 0 Å². The summed E-state index contributed by atoms with van der Waals surface area (Å²) in [6, 6.07) is 12.4. The lowest BCUT2D eigenvalue weighted by Gasteiger charge is -2.05. The maximum absolute atomic E-state index is 11.1. The van der Waals surface area contributed by atoms with Crippen LogP contribution >= 0.6 is 15.9 Å². The van der Waals surface area contributed by atoms with Crippen LogP contribution in [0, 0.1) is 0 Å². The van der Waals surface area contributed by atoms with E-state index in [0.717, 1.165) is 10.2 Å². The smallest absolute Gasteiger partial charge is 0.339 e. The number of carboxylic acid groups (broad SMARTS) is 1. The second-order valence-electron chi connectivity index (χ2n) is 4.00. The quantitative estimate of drug-likeness (QED) is 0.863. The SMILES string of the molecule is COc1ccc(C=Nc2ccc(Br)cc2)cc1C(=O)O. The molecule has 1 N–H and O–H groups in total. The molecule has 2 rings (SSSR count). The summed E-state index contributed by atoms with van der Waals surface area (Å²) < 4.78 is 5.99. The maximum Gasteiger partial charge on any atom is 0.339 e. The molecule has 0 fully saturated rings. The molecule has 0 radical (unpaired) electrons. The van der Waals surface area contributed by atoms with Gasteiger partial charge in [0, 0.05) is 10.7 Å². The number of hydrogen-bond acceptors (Lipinski definition) is 3. The van der Waals surface area contributed by atoms with Crippen molar-refractivity contribution < 1.29 is 14.6 Å². The first-order valence-corrected chi connectivity index (χ1v) is 6.60. The third kappa shape index (κ3) is 3.45. The highest BCUT2D eigenvalue weighted by atomic mass is 79.9. The van der Waals surface area contributed by atoms with Gasteiger partial charge in [-0.3, -0.25) is 4.99 Å². The lowest BCUT2D eigenvalue weighted by molar-refractivity contribution is 0.0693. The topological polar surface area (TPSA) is 58.9 Å². The molecule has 102 valence electrons. The van der Waals surface area contributed by atoms with Crippen LogP contribution in [0.2, 0.25) is 0 Å². The molecule has 4 nitrogen and oxygen atoms in total. The molecule has 0 saturated heterocycles. The standard InChI is InChI=1S/C15H12BrNO3/c1-20-14-7-2-10(8-13(14)15(18)19)9-17-12-5-3-11(16)4-6-12/h2-9H,1H3,(H,18,19). The van der Waals surface area contributed by atoms with E-state index in [2.05, 4.69) is 20.9 Å². The van der Waals surface area contributed by atoms with Gasteiger partial charge in [0.25, 0.3) is 0 Å². The zero-order valence-corrected chi connectivity index (χ0v) is 12.3. The second kappa shape index (κ2) is 6.34. The molecule has 0 heterocycles. The van der Waals surface area contributed by atoms with Crippen LogP contribution in [0.4, 0.5) is 5.69 Å². The first kappa shape index (κ1) is 14.3. The molecule has 0 aliphatic carbocycles. The predicted octanol–water partition coefficient (Wildman–Crippen LogP) is 3.91. The zero-order valence-electron chi connectivity index (χ0n) is 10.7. The van der Waals surface area contributed by atoms with Crippen LogP contribution < -0.4 is 4.74 Å². The summed E-state index contributed by atoms with van der Waals surface area (Å²) in [5.41, 5.74) is 1.61. The van der Waals surface area contributed by atoms with Gasteiger partial charge in [0.1, 0.15) is 11.3 Å².